The summed E-state index contributed by atoms with van der Waals surface area (Å²) in [6.07, 6.45) is 1.72. The summed E-state index contributed by atoms with van der Waals surface area (Å²) in [4.78, 5) is 23.8. The number of carbonyl (C=O) groups excluding carboxylic acids is 2. The summed E-state index contributed by atoms with van der Waals surface area (Å²) < 4.78 is 14.6. The second-order valence-corrected chi connectivity index (χ2v) is 6.85. The molecule has 7 nitrogen and oxygen atoms in total. The van der Waals surface area contributed by atoms with Crippen molar-refractivity contribution in [1.29, 1.82) is 0 Å². The highest BCUT2D eigenvalue weighted by Crippen LogP contribution is 2.26. The standard InChI is InChI=1S/C20H22FN5O2S/c1-11(22)7-18(29)26-15-10-16(14(21)9-13(15)19(23)27)25-17(20(24)28)8-12-5-3-2-4-6-12/h2-7,9-10,17,25H,8,22H2,1H3,(H2,23,27)(H2,24,28)(H,26,29)/t17-/m1/s1. The molecule has 0 unspecified atom stereocenters. The first-order valence-corrected chi connectivity index (χ1v) is 9.06. The van der Waals surface area contributed by atoms with Crippen LogP contribution >= 0.6 is 12.2 Å². The highest BCUT2D eigenvalue weighted by Gasteiger charge is 2.20. The van der Waals surface area contributed by atoms with Crippen LogP contribution in [0.2, 0.25) is 0 Å². The minimum absolute atomic E-state index is 0.0338. The average Bonchev–Trinajstić information content (AvgIpc) is 2.63. The second-order valence-electron chi connectivity index (χ2n) is 6.41. The van der Waals surface area contributed by atoms with E-state index in [2.05, 4.69) is 10.6 Å². The molecular formula is C20H22FN5O2S. The van der Waals surface area contributed by atoms with Gasteiger partial charge in [0.2, 0.25) is 5.91 Å². The number of carbonyl (C=O) groups is 2. The van der Waals surface area contributed by atoms with E-state index in [1.165, 1.54) is 12.1 Å². The molecule has 0 saturated carbocycles. The summed E-state index contributed by atoms with van der Waals surface area (Å²) >= 11 is 5.14. The van der Waals surface area contributed by atoms with Crippen molar-refractivity contribution in [3.63, 3.8) is 0 Å². The molecule has 0 aromatic heterocycles. The monoisotopic (exact) mass is 415 g/mol. The van der Waals surface area contributed by atoms with Gasteiger partial charge in [0.05, 0.1) is 16.9 Å². The van der Waals surface area contributed by atoms with E-state index in [-0.39, 0.29) is 28.3 Å². The number of amides is 2. The normalized spacial score (nSPS) is 12.1. The van der Waals surface area contributed by atoms with Crippen LogP contribution in [0.1, 0.15) is 22.8 Å². The summed E-state index contributed by atoms with van der Waals surface area (Å²) in [5, 5.41) is 5.59. The summed E-state index contributed by atoms with van der Waals surface area (Å²) in [5.41, 5.74) is 17.7. The molecule has 2 amide bonds. The zero-order valence-electron chi connectivity index (χ0n) is 15.7. The van der Waals surface area contributed by atoms with Gasteiger partial charge in [-0.2, -0.15) is 0 Å². The maximum atomic E-state index is 14.6. The Labute approximate surface area is 173 Å². The van der Waals surface area contributed by atoms with Gasteiger partial charge in [-0.15, -0.1) is 0 Å². The first kappa shape index (κ1) is 21.8. The zero-order valence-corrected chi connectivity index (χ0v) is 16.6. The van der Waals surface area contributed by atoms with Crippen molar-refractivity contribution < 1.29 is 14.0 Å². The minimum atomic E-state index is -0.877. The van der Waals surface area contributed by atoms with Gasteiger partial charge in [-0.3, -0.25) is 9.59 Å². The molecular weight excluding hydrogens is 393 g/mol. The van der Waals surface area contributed by atoms with E-state index in [4.69, 9.17) is 29.4 Å². The van der Waals surface area contributed by atoms with Crippen LogP contribution in [0.15, 0.2) is 54.2 Å². The highest BCUT2D eigenvalue weighted by atomic mass is 32.1. The van der Waals surface area contributed by atoms with Gasteiger partial charge in [0, 0.05) is 12.1 Å². The van der Waals surface area contributed by atoms with Crippen molar-refractivity contribution in [2.75, 3.05) is 10.6 Å². The quantitative estimate of drug-likeness (QED) is 0.331. The molecule has 1 atom stereocenters. The Morgan fingerprint density at radius 2 is 1.79 bits per heavy atom. The van der Waals surface area contributed by atoms with Crippen LogP contribution in [0, 0.1) is 5.82 Å². The molecule has 0 radical (unpaired) electrons. The van der Waals surface area contributed by atoms with E-state index in [9.17, 15) is 14.0 Å². The number of thiocarbonyl (C=S) groups is 1. The van der Waals surface area contributed by atoms with Crippen LogP contribution in [-0.2, 0) is 11.2 Å². The third kappa shape index (κ3) is 6.28. The van der Waals surface area contributed by atoms with Crippen molar-refractivity contribution >= 4 is 40.4 Å². The summed E-state index contributed by atoms with van der Waals surface area (Å²) in [5.74, 6) is -2.26. The van der Waals surface area contributed by atoms with E-state index in [0.717, 1.165) is 11.6 Å². The fourth-order valence-corrected chi connectivity index (χ4v) is 2.92. The number of rotatable bonds is 8. The third-order valence-electron chi connectivity index (χ3n) is 3.95. The van der Waals surface area contributed by atoms with Gasteiger partial charge < -0.3 is 27.8 Å². The molecule has 9 heteroatoms. The molecule has 0 heterocycles. The molecule has 8 N–H and O–H groups in total. The Bertz CT molecular complexity index is 959. The maximum absolute atomic E-state index is 14.6. The maximum Gasteiger partial charge on any atom is 0.250 e. The number of nitrogens with two attached hydrogens (primary N) is 3. The van der Waals surface area contributed by atoms with Crippen LogP contribution in [0.3, 0.4) is 0 Å². The molecule has 0 saturated heterocycles. The van der Waals surface area contributed by atoms with Crippen molar-refractivity contribution in [3.05, 3.63) is 71.2 Å². The highest BCUT2D eigenvalue weighted by molar-refractivity contribution is 7.81. The number of hydrogen-bond acceptors (Lipinski definition) is 5. The molecule has 0 fully saturated rings. The van der Waals surface area contributed by atoms with Gasteiger partial charge in [-0.05, 0) is 30.7 Å². The predicted octanol–water partition coefficient (Wildman–Crippen LogP) is 2.03. The Balaban J connectivity index is 2.36. The van der Waals surface area contributed by atoms with Crippen LogP contribution in [0.4, 0.5) is 15.8 Å². The second kappa shape index (κ2) is 9.65. The van der Waals surface area contributed by atoms with E-state index in [0.29, 0.717) is 5.70 Å². The molecule has 2 rings (SSSR count). The van der Waals surface area contributed by atoms with E-state index in [1.54, 1.807) is 6.92 Å². The number of benzene rings is 2. The van der Waals surface area contributed by atoms with Crippen LogP contribution in [-0.4, -0.2) is 22.8 Å². The lowest BCUT2D eigenvalue weighted by molar-refractivity contribution is -0.118. The van der Waals surface area contributed by atoms with Crippen molar-refractivity contribution in [2.45, 2.75) is 19.4 Å². The van der Waals surface area contributed by atoms with Gasteiger partial charge in [0.1, 0.15) is 16.8 Å². The third-order valence-corrected chi connectivity index (χ3v) is 4.17. The number of allylic oxidation sites excluding steroid dienone is 1. The molecule has 0 spiro atoms. The van der Waals surface area contributed by atoms with E-state index < -0.39 is 23.7 Å². The van der Waals surface area contributed by atoms with E-state index >= 15 is 0 Å². The number of primary amides is 2. The predicted molar refractivity (Wildman–Crippen MR) is 116 cm³/mol. The minimum Gasteiger partial charge on any atom is -0.402 e. The molecule has 2 aromatic rings. The largest absolute Gasteiger partial charge is 0.402 e. The number of nitrogens with one attached hydrogen (secondary N) is 2. The van der Waals surface area contributed by atoms with Gasteiger partial charge in [0.15, 0.2) is 0 Å². The van der Waals surface area contributed by atoms with E-state index in [1.807, 2.05) is 30.3 Å². The molecule has 2 aromatic carbocycles. The lowest BCUT2D eigenvalue weighted by Crippen LogP contribution is -2.37. The zero-order chi connectivity index (χ0) is 21.6. The van der Waals surface area contributed by atoms with Gasteiger partial charge in [-0.1, -0.05) is 42.5 Å². The van der Waals surface area contributed by atoms with Gasteiger partial charge >= 0.3 is 0 Å². The van der Waals surface area contributed by atoms with Crippen LogP contribution < -0.4 is 27.8 Å². The first-order valence-electron chi connectivity index (χ1n) is 8.65. The summed E-state index contributed by atoms with van der Waals surface area (Å²) in [6, 6.07) is 10.6. The number of halogens is 1. The lowest BCUT2D eigenvalue weighted by Gasteiger charge is -2.19. The smallest absolute Gasteiger partial charge is 0.250 e. The van der Waals surface area contributed by atoms with Crippen molar-refractivity contribution in [3.8, 4) is 0 Å². The number of anilines is 2. The Morgan fingerprint density at radius 1 is 1.14 bits per heavy atom. The van der Waals surface area contributed by atoms with Crippen molar-refractivity contribution in [2.24, 2.45) is 17.2 Å². The summed E-state index contributed by atoms with van der Waals surface area (Å²) in [6.45, 7) is 1.64. The molecule has 0 aliphatic heterocycles. The number of hydrogen-bond donors (Lipinski definition) is 5. The summed E-state index contributed by atoms with van der Waals surface area (Å²) in [7, 11) is 0. The molecule has 152 valence electrons. The fraction of sp³-hybridized carbons (Fsp3) is 0.150. The lowest BCUT2D eigenvalue weighted by atomic mass is 10.0. The van der Waals surface area contributed by atoms with Gasteiger partial charge in [-0.25, -0.2) is 4.39 Å². The Kier molecular flexibility index (Phi) is 7.27. The first-order chi connectivity index (χ1) is 13.7. The van der Waals surface area contributed by atoms with Crippen molar-refractivity contribution in [1.82, 2.24) is 0 Å². The average molecular weight is 415 g/mol. The molecule has 0 bridgehead atoms. The Hall–Kier alpha value is -3.46. The molecule has 0 aliphatic rings. The topological polar surface area (TPSA) is 136 Å². The van der Waals surface area contributed by atoms with Crippen LogP contribution in [0.25, 0.3) is 0 Å². The van der Waals surface area contributed by atoms with Crippen LogP contribution in [0.5, 0.6) is 0 Å². The molecule has 0 aliphatic carbocycles. The Morgan fingerprint density at radius 3 is 2.34 bits per heavy atom. The van der Waals surface area contributed by atoms with Gasteiger partial charge in [0.25, 0.3) is 5.91 Å². The fourth-order valence-electron chi connectivity index (χ4n) is 2.63. The SMILES string of the molecule is CC(N)=CC(=S)Nc1cc(N[C@H](Cc2ccccc2)C(N)=O)c(F)cc1C(N)=O. The molecule has 29 heavy (non-hydrogen) atoms.